The second kappa shape index (κ2) is 6.96. The third kappa shape index (κ3) is 3.28. The summed E-state index contributed by atoms with van der Waals surface area (Å²) >= 11 is 0. The lowest BCUT2D eigenvalue weighted by molar-refractivity contribution is -0.155. The second-order valence-corrected chi connectivity index (χ2v) is 6.43. The number of imide groups is 1. The lowest BCUT2D eigenvalue weighted by Crippen LogP contribution is -2.47. The average Bonchev–Trinajstić information content (AvgIpc) is 2.89. The number of rotatable bonds is 5. The largest absolute Gasteiger partial charge is 0.454 e. The van der Waals surface area contributed by atoms with Gasteiger partial charge in [0.25, 0.3) is 17.7 Å². The first-order valence-electron chi connectivity index (χ1n) is 7.93. The molecule has 0 spiro atoms. The number of esters is 1. The van der Waals surface area contributed by atoms with Gasteiger partial charge in [0.15, 0.2) is 6.61 Å². The molecule has 0 saturated heterocycles. The molecule has 0 fully saturated rings. The van der Waals surface area contributed by atoms with Crippen LogP contribution in [0.1, 0.15) is 41.5 Å². The van der Waals surface area contributed by atoms with Gasteiger partial charge in [-0.25, -0.2) is 4.79 Å². The Morgan fingerprint density at radius 2 is 1.73 bits per heavy atom. The Hall–Kier alpha value is -3.21. The van der Waals surface area contributed by atoms with E-state index in [0.717, 1.165) is 9.80 Å². The quantitative estimate of drug-likeness (QED) is 0.574. The summed E-state index contributed by atoms with van der Waals surface area (Å²) in [5.74, 6) is -2.61. The van der Waals surface area contributed by atoms with Crippen molar-refractivity contribution in [2.24, 2.45) is 0 Å². The lowest BCUT2D eigenvalue weighted by atomic mass is 10.1. The van der Waals surface area contributed by atoms with Crippen LogP contribution in [0, 0.1) is 11.3 Å². The molecule has 0 bridgehead atoms. The summed E-state index contributed by atoms with van der Waals surface area (Å²) in [4.78, 5) is 51.0. The summed E-state index contributed by atoms with van der Waals surface area (Å²) in [5, 5.41) is 9.03. The van der Waals surface area contributed by atoms with Crippen LogP contribution in [0.4, 0.5) is 0 Å². The highest BCUT2D eigenvalue weighted by atomic mass is 16.5. The van der Waals surface area contributed by atoms with Crippen molar-refractivity contribution in [1.82, 2.24) is 9.80 Å². The van der Waals surface area contributed by atoms with Crippen LogP contribution in [-0.4, -0.2) is 58.7 Å². The molecule has 2 rings (SSSR count). The zero-order valence-corrected chi connectivity index (χ0v) is 15.0. The fraction of sp³-hybridized carbons (Fsp3) is 0.389. The van der Waals surface area contributed by atoms with Crippen LogP contribution in [0.3, 0.4) is 0 Å². The molecule has 1 aliphatic rings. The van der Waals surface area contributed by atoms with Crippen LogP contribution in [0.25, 0.3) is 0 Å². The van der Waals surface area contributed by atoms with Crippen molar-refractivity contribution in [2.75, 3.05) is 13.7 Å². The van der Waals surface area contributed by atoms with Gasteiger partial charge in [-0.3, -0.25) is 19.3 Å². The predicted molar refractivity (Wildman–Crippen MR) is 89.8 cm³/mol. The molecule has 1 aromatic carbocycles. The molecule has 0 aromatic heterocycles. The van der Waals surface area contributed by atoms with Crippen molar-refractivity contribution >= 4 is 23.7 Å². The minimum absolute atomic E-state index is 0.226. The molecule has 3 amide bonds. The van der Waals surface area contributed by atoms with Crippen LogP contribution >= 0.6 is 0 Å². The molecule has 8 heteroatoms. The Bertz CT molecular complexity index is 789. The number of carbonyl (C=O) groups is 4. The van der Waals surface area contributed by atoms with E-state index in [9.17, 15) is 19.2 Å². The molecule has 26 heavy (non-hydrogen) atoms. The van der Waals surface area contributed by atoms with E-state index in [0.29, 0.717) is 0 Å². The molecular weight excluding hydrogens is 338 g/mol. The highest BCUT2D eigenvalue weighted by Crippen LogP contribution is 2.24. The van der Waals surface area contributed by atoms with Crippen molar-refractivity contribution in [3.63, 3.8) is 0 Å². The highest BCUT2D eigenvalue weighted by Gasteiger charge is 2.41. The Balaban J connectivity index is 2.03. The molecule has 0 saturated carbocycles. The Morgan fingerprint density at radius 1 is 1.23 bits per heavy atom. The first-order valence-corrected chi connectivity index (χ1v) is 7.93. The van der Waals surface area contributed by atoms with Crippen LogP contribution in [0.2, 0.25) is 0 Å². The first kappa shape index (κ1) is 19.1. The van der Waals surface area contributed by atoms with E-state index in [-0.39, 0.29) is 11.1 Å². The number of nitriles is 1. The molecule has 0 radical (unpaired) electrons. The van der Waals surface area contributed by atoms with Crippen molar-refractivity contribution in [3.8, 4) is 6.07 Å². The molecule has 1 aliphatic heterocycles. The minimum Gasteiger partial charge on any atom is -0.454 e. The number of carbonyl (C=O) groups excluding carboxylic acids is 4. The van der Waals surface area contributed by atoms with Gasteiger partial charge in [0.05, 0.1) is 17.2 Å². The van der Waals surface area contributed by atoms with Gasteiger partial charge in [0.2, 0.25) is 0 Å². The van der Waals surface area contributed by atoms with E-state index in [4.69, 9.17) is 10.00 Å². The third-order valence-electron chi connectivity index (χ3n) is 4.38. The molecule has 1 atom stereocenters. The van der Waals surface area contributed by atoms with Gasteiger partial charge in [-0.05, 0) is 32.9 Å². The monoisotopic (exact) mass is 357 g/mol. The van der Waals surface area contributed by atoms with Crippen molar-refractivity contribution in [1.29, 1.82) is 5.26 Å². The zero-order chi connectivity index (χ0) is 19.6. The Labute approximate surface area is 150 Å². The van der Waals surface area contributed by atoms with Gasteiger partial charge >= 0.3 is 5.97 Å². The summed E-state index contributed by atoms with van der Waals surface area (Å²) in [6.45, 7) is 3.87. The number of benzene rings is 1. The van der Waals surface area contributed by atoms with Crippen LogP contribution in [-0.2, 0) is 14.3 Å². The maximum atomic E-state index is 12.4. The van der Waals surface area contributed by atoms with Gasteiger partial charge < -0.3 is 9.64 Å². The zero-order valence-electron chi connectivity index (χ0n) is 15.0. The molecule has 0 aliphatic carbocycles. The van der Waals surface area contributed by atoms with E-state index >= 15 is 0 Å². The number of hydrogen-bond acceptors (Lipinski definition) is 6. The molecule has 8 nitrogen and oxygen atoms in total. The van der Waals surface area contributed by atoms with Crippen LogP contribution in [0.5, 0.6) is 0 Å². The molecule has 1 heterocycles. The number of nitrogens with zero attached hydrogens (tertiary/aromatic N) is 3. The topological polar surface area (TPSA) is 108 Å². The molecule has 1 aromatic rings. The minimum atomic E-state index is -1.18. The first-order chi connectivity index (χ1) is 12.1. The van der Waals surface area contributed by atoms with Gasteiger partial charge in [0.1, 0.15) is 11.6 Å². The maximum Gasteiger partial charge on any atom is 0.329 e. The van der Waals surface area contributed by atoms with Crippen molar-refractivity contribution in [3.05, 3.63) is 35.4 Å². The molecule has 0 N–H and O–H groups in total. The number of amides is 3. The van der Waals surface area contributed by atoms with Crippen LogP contribution < -0.4 is 0 Å². The highest BCUT2D eigenvalue weighted by molar-refractivity contribution is 6.22. The smallest absolute Gasteiger partial charge is 0.329 e. The SMILES string of the molecule is C[C@H](C(=O)OCC(=O)N(C)C(C)(C)C#N)N1C(=O)c2ccccc2C1=O. The van der Waals surface area contributed by atoms with Crippen molar-refractivity contribution in [2.45, 2.75) is 32.4 Å². The van der Waals surface area contributed by atoms with E-state index in [1.807, 2.05) is 6.07 Å². The summed E-state index contributed by atoms with van der Waals surface area (Å²) in [7, 11) is 1.42. The van der Waals surface area contributed by atoms with Gasteiger partial charge in [0, 0.05) is 7.05 Å². The van der Waals surface area contributed by atoms with E-state index in [2.05, 4.69) is 0 Å². The third-order valence-corrected chi connectivity index (χ3v) is 4.38. The molecule has 0 unspecified atom stereocenters. The number of likely N-dealkylation sites (N-methyl/N-ethyl adjacent to an activating group) is 1. The van der Waals surface area contributed by atoms with E-state index < -0.39 is 41.9 Å². The van der Waals surface area contributed by atoms with Gasteiger partial charge in [-0.15, -0.1) is 0 Å². The molecule has 136 valence electrons. The van der Waals surface area contributed by atoms with Crippen molar-refractivity contribution < 1.29 is 23.9 Å². The Kier molecular flexibility index (Phi) is 5.12. The number of ether oxygens (including phenoxy) is 1. The maximum absolute atomic E-state index is 12.4. The Morgan fingerprint density at radius 3 is 2.19 bits per heavy atom. The van der Waals surface area contributed by atoms with E-state index in [1.165, 1.54) is 26.1 Å². The van der Waals surface area contributed by atoms with Crippen LogP contribution in [0.15, 0.2) is 24.3 Å². The second-order valence-electron chi connectivity index (χ2n) is 6.43. The van der Waals surface area contributed by atoms with Gasteiger partial charge in [-0.2, -0.15) is 5.26 Å². The summed E-state index contributed by atoms with van der Waals surface area (Å²) < 4.78 is 4.95. The average molecular weight is 357 g/mol. The molecular formula is C18H19N3O5. The summed E-state index contributed by atoms with van der Waals surface area (Å²) in [6, 6.07) is 7.06. The number of hydrogen-bond donors (Lipinski definition) is 0. The lowest BCUT2D eigenvalue weighted by Gasteiger charge is -2.29. The fourth-order valence-electron chi connectivity index (χ4n) is 2.40. The van der Waals surface area contributed by atoms with E-state index in [1.54, 1.807) is 26.0 Å². The summed E-state index contributed by atoms with van der Waals surface area (Å²) in [6.07, 6.45) is 0. The fourth-order valence-corrected chi connectivity index (χ4v) is 2.40. The number of fused-ring (bicyclic) bond motifs is 1. The summed E-state index contributed by atoms with van der Waals surface area (Å²) in [5.41, 5.74) is -0.607. The van der Waals surface area contributed by atoms with Gasteiger partial charge in [-0.1, -0.05) is 12.1 Å². The standard InChI is InChI=1S/C18H19N3O5/c1-11(17(25)26-9-14(22)20(4)18(2,3)10-19)21-15(23)12-7-5-6-8-13(12)16(21)24/h5-8,11H,9H2,1-4H3/t11-/m1/s1. The normalized spacial score (nSPS) is 14.5. The predicted octanol–water partition coefficient (Wildman–Crippen LogP) is 0.975.